The fourth-order valence-electron chi connectivity index (χ4n) is 2.47. The zero-order chi connectivity index (χ0) is 21.6. The Hall–Kier alpha value is -2.00. The molecule has 2 rings (SSSR count). The van der Waals surface area contributed by atoms with Crippen molar-refractivity contribution in [2.24, 2.45) is 0 Å². The van der Waals surface area contributed by atoms with Crippen molar-refractivity contribution in [3.8, 4) is 11.8 Å². The van der Waals surface area contributed by atoms with Crippen LogP contribution in [0.3, 0.4) is 0 Å². The van der Waals surface area contributed by atoms with Crippen LogP contribution in [0.2, 0.25) is 10.0 Å². The first-order chi connectivity index (χ1) is 13.6. The van der Waals surface area contributed by atoms with Crippen molar-refractivity contribution in [3.63, 3.8) is 0 Å². The van der Waals surface area contributed by atoms with E-state index in [2.05, 4.69) is 22.3 Å². The average molecular weight is 453 g/mol. The van der Waals surface area contributed by atoms with Gasteiger partial charge >= 0.3 is 12.2 Å². The normalized spacial score (nSPS) is 11.6. The SMILES string of the molecule is CCCCCCCNC(=O)n1nc(Oc2ncc(C(F)(F)F)cc2Cl)c(Cl)c1C. The van der Waals surface area contributed by atoms with Gasteiger partial charge < -0.3 is 10.1 Å². The number of unbranched alkanes of at least 4 members (excludes halogenated alkanes) is 4. The maximum Gasteiger partial charge on any atom is 0.417 e. The van der Waals surface area contributed by atoms with Crippen LogP contribution in [0.5, 0.6) is 11.8 Å². The lowest BCUT2D eigenvalue weighted by molar-refractivity contribution is -0.137. The van der Waals surface area contributed by atoms with Crippen LogP contribution in [0.1, 0.15) is 50.3 Å². The van der Waals surface area contributed by atoms with Crippen molar-refractivity contribution in [3.05, 3.63) is 33.6 Å². The van der Waals surface area contributed by atoms with E-state index in [4.69, 9.17) is 27.9 Å². The highest BCUT2D eigenvalue weighted by molar-refractivity contribution is 6.33. The molecule has 0 spiro atoms. The molecule has 1 N–H and O–H groups in total. The molecule has 0 unspecified atom stereocenters. The van der Waals surface area contributed by atoms with Crippen LogP contribution in [-0.2, 0) is 6.18 Å². The fourth-order valence-corrected chi connectivity index (χ4v) is 2.83. The van der Waals surface area contributed by atoms with E-state index >= 15 is 0 Å². The first-order valence-electron chi connectivity index (χ1n) is 9.09. The zero-order valence-electron chi connectivity index (χ0n) is 15.9. The second-order valence-electron chi connectivity index (χ2n) is 6.37. The van der Waals surface area contributed by atoms with Crippen molar-refractivity contribution in [1.29, 1.82) is 0 Å². The molecule has 1 amide bonds. The molecule has 0 fully saturated rings. The van der Waals surface area contributed by atoms with Crippen LogP contribution in [0.4, 0.5) is 18.0 Å². The second kappa shape index (κ2) is 10.2. The highest BCUT2D eigenvalue weighted by Gasteiger charge is 2.32. The predicted octanol–water partition coefficient (Wildman–Crippen LogP) is 6.23. The summed E-state index contributed by atoms with van der Waals surface area (Å²) in [6.07, 6.45) is 1.26. The van der Waals surface area contributed by atoms with E-state index in [9.17, 15) is 18.0 Å². The number of alkyl halides is 3. The lowest BCUT2D eigenvalue weighted by Crippen LogP contribution is -2.30. The summed E-state index contributed by atoms with van der Waals surface area (Å²) in [4.78, 5) is 15.9. The maximum absolute atomic E-state index is 12.7. The summed E-state index contributed by atoms with van der Waals surface area (Å²) in [5.41, 5.74) is -0.700. The minimum atomic E-state index is -4.58. The van der Waals surface area contributed by atoms with Crippen molar-refractivity contribution < 1.29 is 22.7 Å². The highest BCUT2D eigenvalue weighted by Crippen LogP contribution is 2.36. The van der Waals surface area contributed by atoms with Crippen LogP contribution in [-0.4, -0.2) is 27.3 Å². The van der Waals surface area contributed by atoms with Gasteiger partial charge in [-0.25, -0.2) is 9.78 Å². The van der Waals surface area contributed by atoms with Crippen molar-refractivity contribution in [2.75, 3.05) is 6.54 Å². The lowest BCUT2D eigenvalue weighted by atomic mass is 10.1. The standard InChI is InChI=1S/C18H21Cl2F3N4O2/c1-3-4-5-6-7-8-24-17(28)27-11(2)14(20)16(26-27)29-15-13(19)9-12(10-25-15)18(21,22)23/h9-10H,3-8H2,1-2H3,(H,24,28). The van der Waals surface area contributed by atoms with E-state index in [1.165, 1.54) is 0 Å². The Morgan fingerprint density at radius 3 is 2.52 bits per heavy atom. The molecule has 0 aliphatic carbocycles. The number of carbonyl (C=O) groups excluding carboxylic acids is 1. The van der Waals surface area contributed by atoms with E-state index in [1.807, 2.05) is 0 Å². The summed E-state index contributed by atoms with van der Waals surface area (Å²) < 4.78 is 44.5. The molecule has 29 heavy (non-hydrogen) atoms. The summed E-state index contributed by atoms with van der Waals surface area (Å²) in [6, 6.07) is 0.202. The van der Waals surface area contributed by atoms with Gasteiger partial charge in [0.2, 0.25) is 5.88 Å². The number of ether oxygens (including phenoxy) is 1. The van der Waals surface area contributed by atoms with Crippen LogP contribution >= 0.6 is 23.2 Å². The molecule has 2 heterocycles. The second-order valence-corrected chi connectivity index (χ2v) is 7.16. The lowest BCUT2D eigenvalue weighted by Gasteiger charge is -2.09. The molecule has 2 aromatic heterocycles. The van der Waals surface area contributed by atoms with Gasteiger partial charge in [-0.05, 0) is 19.4 Å². The summed E-state index contributed by atoms with van der Waals surface area (Å²) >= 11 is 12.0. The first kappa shape index (κ1) is 23.3. The Morgan fingerprint density at radius 2 is 1.90 bits per heavy atom. The quantitative estimate of drug-likeness (QED) is 0.481. The third-order valence-electron chi connectivity index (χ3n) is 4.09. The molecule has 0 aliphatic rings. The number of pyridine rings is 1. The minimum Gasteiger partial charge on any atom is -0.416 e. The molecule has 0 atom stereocenters. The monoisotopic (exact) mass is 452 g/mol. The van der Waals surface area contributed by atoms with Crippen molar-refractivity contribution in [1.82, 2.24) is 20.1 Å². The number of hydrogen-bond donors (Lipinski definition) is 1. The molecule has 2 aromatic rings. The number of amides is 1. The van der Waals surface area contributed by atoms with Gasteiger partial charge in [-0.1, -0.05) is 55.8 Å². The maximum atomic E-state index is 12.7. The summed E-state index contributed by atoms with van der Waals surface area (Å²) in [5.74, 6) is -0.487. The molecule has 0 aromatic carbocycles. The van der Waals surface area contributed by atoms with Crippen molar-refractivity contribution >= 4 is 29.2 Å². The largest absolute Gasteiger partial charge is 0.417 e. The summed E-state index contributed by atoms with van der Waals surface area (Å²) in [5, 5.41) is 6.38. The van der Waals surface area contributed by atoms with Gasteiger partial charge in [0.25, 0.3) is 5.88 Å². The summed E-state index contributed by atoms with van der Waals surface area (Å²) in [7, 11) is 0. The van der Waals surface area contributed by atoms with Crippen LogP contribution in [0.15, 0.2) is 12.3 Å². The van der Waals surface area contributed by atoms with Crippen molar-refractivity contribution in [2.45, 2.75) is 52.1 Å². The molecule has 0 saturated carbocycles. The molecule has 0 radical (unpaired) electrons. The number of rotatable bonds is 8. The number of aromatic nitrogens is 3. The summed E-state index contributed by atoms with van der Waals surface area (Å²) in [6.45, 7) is 4.17. The van der Waals surface area contributed by atoms with Gasteiger partial charge in [-0.15, -0.1) is 5.10 Å². The Kier molecular flexibility index (Phi) is 8.15. The molecule has 0 saturated heterocycles. The molecular weight excluding hydrogens is 432 g/mol. The molecule has 0 bridgehead atoms. The smallest absolute Gasteiger partial charge is 0.416 e. The molecule has 160 valence electrons. The molecule has 11 heteroatoms. The van der Waals surface area contributed by atoms with E-state index < -0.39 is 17.8 Å². The van der Waals surface area contributed by atoms with E-state index in [0.29, 0.717) is 24.5 Å². The van der Waals surface area contributed by atoms with Crippen LogP contribution < -0.4 is 10.1 Å². The highest BCUT2D eigenvalue weighted by atomic mass is 35.5. The number of nitrogens with one attached hydrogen (secondary N) is 1. The van der Waals surface area contributed by atoms with Gasteiger partial charge in [0.15, 0.2) is 0 Å². The first-order valence-corrected chi connectivity index (χ1v) is 9.84. The van der Waals surface area contributed by atoms with Crippen LogP contribution in [0.25, 0.3) is 0 Å². The van der Waals surface area contributed by atoms with E-state index in [1.54, 1.807) is 6.92 Å². The van der Waals surface area contributed by atoms with Gasteiger partial charge in [-0.3, -0.25) is 0 Å². The zero-order valence-corrected chi connectivity index (χ0v) is 17.5. The van der Waals surface area contributed by atoms with E-state index in [-0.39, 0.29) is 21.8 Å². The average Bonchev–Trinajstić information content (AvgIpc) is 2.93. The molecule has 6 nitrogen and oxygen atoms in total. The fraction of sp³-hybridized carbons (Fsp3) is 0.500. The van der Waals surface area contributed by atoms with Gasteiger partial charge in [0.05, 0.1) is 11.3 Å². The third kappa shape index (κ3) is 6.24. The minimum absolute atomic E-state index is 0.0286. The Labute approximate surface area is 176 Å². The number of nitrogens with zero attached hydrogens (tertiary/aromatic N) is 3. The third-order valence-corrected chi connectivity index (χ3v) is 4.80. The predicted molar refractivity (Wildman–Crippen MR) is 104 cm³/mol. The van der Waals surface area contributed by atoms with Crippen LogP contribution in [0, 0.1) is 6.92 Å². The Morgan fingerprint density at radius 1 is 1.21 bits per heavy atom. The number of halogens is 5. The van der Waals surface area contributed by atoms with Gasteiger partial charge in [0, 0.05) is 12.7 Å². The molecular formula is C18H21Cl2F3N4O2. The van der Waals surface area contributed by atoms with Gasteiger partial charge in [-0.2, -0.15) is 17.9 Å². The number of carbonyl (C=O) groups is 1. The molecule has 0 aliphatic heterocycles. The van der Waals surface area contributed by atoms with Gasteiger partial charge in [0.1, 0.15) is 10.0 Å². The topological polar surface area (TPSA) is 69.0 Å². The Balaban J connectivity index is 2.06. The van der Waals surface area contributed by atoms with E-state index in [0.717, 1.165) is 36.8 Å². The Bertz CT molecular complexity index is 856. The number of hydrogen-bond acceptors (Lipinski definition) is 4.